The number of carboxylic acid groups (broad SMARTS) is 1. The number of thiophene rings is 1. The number of aliphatic carboxylic acids is 1. The number of rotatable bonds is 8. The van der Waals surface area contributed by atoms with Gasteiger partial charge in [0.25, 0.3) is 5.91 Å². The topological polar surface area (TPSA) is 89.5 Å². The number of allylic oxidation sites excluding steroid dienone is 2. The first-order valence-electron chi connectivity index (χ1n) is 11.1. The third kappa shape index (κ3) is 5.09. The summed E-state index contributed by atoms with van der Waals surface area (Å²) in [6, 6.07) is 5.28. The first kappa shape index (κ1) is 25.3. The number of aromatic hydroxyl groups is 1. The number of unbranched alkanes of at least 4 members (excludes halogenated alkanes) is 1. The Morgan fingerprint density at radius 3 is 2.78 bits per heavy atom. The van der Waals surface area contributed by atoms with E-state index in [4.69, 9.17) is 0 Å². The van der Waals surface area contributed by atoms with E-state index in [1.54, 1.807) is 12.1 Å². The monoisotopic (exact) mass is 463 g/mol. The number of amides is 1. The Balaban J connectivity index is 0.00000289. The van der Waals surface area contributed by atoms with Crippen LogP contribution in [0.3, 0.4) is 0 Å². The number of hydrogen-bond acceptors (Lipinski definition) is 5. The van der Waals surface area contributed by atoms with Gasteiger partial charge >= 0.3 is 29.6 Å². The summed E-state index contributed by atoms with van der Waals surface area (Å²) in [6.45, 7) is 4.63. The average molecular weight is 464 g/mol. The third-order valence-corrected chi connectivity index (χ3v) is 8.50. The van der Waals surface area contributed by atoms with Crippen LogP contribution >= 0.6 is 11.3 Å². The molecule has 5 nitrogen and oxygen atoms in total. The van der Waals surface area contributed by atoms with Crippen LogP contribution in [0.2, 0.25) is 0 Å². The van der Waals surface area contributed by atoms with Gasteiger partial charge in [0.1, 0.15) is 5.75 Å². The molecule has 0 saturated heterocycles. The van der Waals surface area contributed by atoms with Gasteiger partial charge in [0, 0.05) is 27.5 Å². The van der Waals surface area contributed by atoms with Gasteiger partial charge in [-0.25, -0.2) is 0 Å². The van der Waals surface area contributed by atoms with Crippen LogP contribution < -0.4 is 40.0 Å². The number of phenolic OH excluding ortho intramolecular Hbond substituents is 1. The van der Waals surface area contributed by atoms with E-state index in [2.05, 4.69) is 31.3 Å². The zero-order valence-corrected chi connectivity index (χ0v) is 21.9. The largest absolute Gasteiger partial charge is 1.00 e. The number of benzene rings is 1. The summed E-state index contributed by atoms with van der Waals surface area (Å²) in [5.41, 5.74) is 0.869. The molecule has 0 radical (unpaired) electrons. The van der Waals surface area contributed by atoms with Crippen LogP contribution in [-0.2, 0) is 4.79 Å². The summed E-state index contributed by atoms with van der Waals surface area (Å²) in [5, 5.41) is 26.4. The fraction of sp³-hybridized carbons (Fsp3) is 0.520. The molecule has 3 aliphatic rings. The van der Waals surface area contributed by atoms with Crippen molar-refractivity contribution in [3.63, 3.8) is 0 Å². The molecule has 0 aliphatic heterocycles. The fourth-order valence-electron chi connectivity index (χ4n) is 5.54. The molecule has 2 N–H and O–H groups in total. The molecule has 3 saturated carbocycles. The van der Waals surface area contributed by atoms with Crippen molar-refractivity contribution < 1.29 is 49.4 Å². The molecular formula is C25H30NNaO4S. The molecule has 1 heterocycles. The molecule has 166 valence electrons. The van der Waals surface area contributed by atoms with Crippen LogP contribution in [0.1, 0.15) is 62.7 Å². The summed E-state index contributed by atoms with van der Waals surface area (Å²) in [7, 11) is 0. The molecule has 3 aliphatic carbocycles. The zero-order chi connectivity index (χ0) is 22.2. The van der Waals surface area contributed by atoms with Crippen LogP contribution in [0.15, 0.2) is 35.7 Å². The zero-order valence-electron chi connectivity index (χ0n) is 19.1. The number of hydrogen-bond donors (Lipinski definition) is 2. The van der Waals surface area contributed by atoms with Crippen LogP contribution in [0, 0.1) is 23.2 Å². The molecule has 3 fully saturated rings. The molecule has 32 heavy (non-hydrogen) atoms. The minimum absolute atomic E-state index is 0. The number of carboxylic acids is 1. The van der Waals surface area contributed by atoms with E-state index in [1.165, 1.54) is 11.3 Å². The molecule has 5 rings (SSSR count). The van der Waals surface area contributed by atoms with E-state index < -0.39 is 5.97 Å². The minimum Gasteiger partial charge on any atom is -0.550 e. The molecule has 1 aromatic heterocycles. The second-order valence-corrected chi connectivity index (χ2v) is 10.6. The standard InChI is InChI=1S/C25H31NO4S.Na/c1-25(2)16-11-15(7-5-3-4-6-8-22(28)29)23(20(25)12-16)26-24(30)19-14-31-21-10-9-17(27)13-18(19)21;/h3,5,9-10,13-16,20,23,27H,4,6-8,11-12H2,1-2H3,(H,26,30)(H,28,29);/q;+1/p-1/b5-3-;/t15-,16+,20+,23?;/m0./s1. The van der Waals surface area contributed by atoms with E-state index in [9.17, 15) is 19.8 Å². The maximum atomic E-state index is 13.2. The van der Waals surface area contributed by atoms with Gasteiger partial charge in [-0.15, -0.1) is 11.3 Å². The average Bonchev–Trinajstić information content (AvgIpc) is 3.13. The maximum absolute atomic E-state index is 13.2. The molecule has 1 unspecified atom stereocenters. The van der Waals surface area contributed by atoms with Crippen LogP contribution in [0.5, 0.6) is 5.75 Å². The second kappa shape index (κ2) is 10.3. The Morgan fingerprint density at radius 1 is 1.28 bits per heavy atom. The van der Waals surface area contributed by atoms with E-state index in [1.807, 2.05) is 11.4 Å². The van der Waals surface area contributed by atoms with E-state index in [0.717, 1.165) is 35.8 Å². The minimum atomic E-state index is -1.000. The van der Waals surface area contributed by atoms with Crippen LogP contribution in [0.25, 0.3) is 10.1 Å². The smallest absolute Gasteiger partial charge is 0.550 e. The number of phenols is 1. The molecule has 2 bridgehead atoms. The maximum Gasteiger partial charge on any atom is 1.00 e. The summed E-state index contributed by atoms with van der Waals surface area (Å²) in [6.07, 6.45) is 8.79. The number of carbonyl (C=O) groups excluding carboxylic acids is 2. The van der Waals surface area contributed by atoms with Gasteiger partial charge < -0.3 is 20.3 Å². The number of nitrogens with one attached hydrogen (secondary N) is 1. The Hall–Kier alpha value is -1.34. The molecular weight excluding hydrogens is 433 g/mol. The molecule has 7 heteroatoms. The predicted octanol–water partition coefficient (Wildman–Crippen LogP) is 1.26. The van der Waals surface area contributed by atoms with Crippen molar-refractivity contribution in [3.05, 3.63) is 41.3 Å². The van der Waals surface area contributed by atoms with E-state index in [0.29, 0.717) is 29.7 Å². The van der Waals surface area contributed by atoms with Gasteiger partial charge in [-0.3, -0.25) is 4.79 Å². The third-order valence-electron chi connectivity index (χ3n) is 7.53. The molecule has 1 aromatic carbocycles. The molecule has 4 atom stereocenters. The Morgan fingerprint density at radius 2 is 2.06 bits per heavy atom. The molecule has 1 amide bonds. The van der Waals surface area contributed by atoms with E-state index in [-0.39, 0.29) is 59.1 Å². The summed E-state index contributed by atoms with van der Waals surface area (Å²) < 4.78 is 0.992. The first-order valence-corrected chi connectivity index (χ1v) is 12.0. The van der Waals surface area contributed by atoms with Crippen molar-refractivity contribution in [2.45, 2.75) is 58.4 Å². The summed E-state index contributed by atoms with van der Waals surface area (Å²) in [4.78, 5) is 23.8. The normalized spacial score (nSPS) is 25.8. The van der Waals surface area contributed by atoms with E-state index >= 15 is 0 Å². The first-order chi connectivity index (χ1) is 14.8. The van der Waals surface area contributed by atoms with Gasteiger partial charge in [0.15, 0.2) is 0 Å². The number of fused-ring (bicyclic) bond motifs is 3. The Kier molecular flexibility index (Phi) is 8.13. The quantitative estimate of drug-likeness (QED) is 0.350. The van der Waals surface area contributed by atoms with Gasteiger partial charge in [-0.2, -0.15) is 0 Å². The van der Waals surface area contributed by atoms with Crippen molar-refractivity contribution >= 4 is 33.3 Å². The van der Waals surface area contributed by atoms with Crippen molar-refractivity contribution in [2.24, 2.45) is 23.2 Å². The molecule has 2 aromatic rings. The van der Waals surface area contributed by atoms with Crippen molar-refractivity contribution in [1.29, 1.82) is 0 Å². The number of carbonyl (C=O) groups is 2. The Labute approximate surface area is 215 Å². The summed E-state index contributed by atoms with van der Waals surface area (Å²) >= 11 is 1.52. The Bertz CT molecular complexity index is 1010. The SMILES string of the molecule is CC1(C)[C@@H]2C[C@H](C/C=C\CCCC(=O)[O-])C(NC(=O)c3csc4ccc(O)cc34)[C@H]1C2.[Na+]. The second-order valence-electron chi connectivity index (χ2n) is 9.66. The van der Waals surface area contributed by atoms with Gasteiger partial charge in [-0.1, -0.05) is 26.0 Å². The van der Waals surface area contributed by atoms with Crippen molar-refractivity contribution in [3.8, 4) is 5.75 Å². The van der Waals surface area contributed by atoms with Crippen molar-refractivity contribution in [2.75, 3.05) is 0 Å². The van der Waals surface area contributed by atoms with Crippen LogP contribution in [0.4, 0.5) is 0 Å². The van der Waals surface area contributed by atoms with Gasteiger partial charge in [0.05, 0.1) is 5.56 Å². The predicted molar refractivity (Wildman–Crippen MR) is 121 cm³/mol. The van der Waals surface area contributed by atoms with Gasteiger partial charge in [0.2, 0.25) is 0 Å². The van der Waals surface area contributed by atoms with Gasteiger partial charge in [-0.05, 0) is 79.9 Å². The van der Waals surface area contributed by atoms with Crippen LogP contribution in [-0.4, -0.2) is 23.0 Å². The van der Waals surface area contributed by atoms with Crippen molar-refractivity contribution in [1.82, 2.24) is 5.32 Å². The molecule has 0 spiro atoms. The summed E-state index contributed by atoms with van der Waals surface area (Å²) in [5.74, 6) is 0.649. The fourth-order valence-corrected chi connectivity index (χ4v) is 6.46.